The first-order valence-corrected chi connectivity index (χ1v) is 6.90. The largest absolute Gasteiger partial charge is 0.388 e. The Hall–Kier alpha value is -0.340. The molecule has 1 aromatic carbocycles. The number of halogens is 1. The Morgan fingerprint density at radius 1 is 1.38 bits per heavy atom. The van der Waals surface area contributed by atoms with Crippen LogP contribution in [0.5, 0.6) is 0 Å². The number of aliphatic hydroxyl groups is 1. The quantitative estimate of drug-likeness (QED) is 0.873. The van der Waals surface area contributed by atoms with Crippen molar-refractivity contribution in [2.45, 2.75) is 45.1 Å². The minimum Gasteiger partial charge on any atom is -0.388 e. The van der Waals surface area contributed by atoms with E-state index in [1.165, 1.54) is 31.2 Å². The van der Waals surface area contributed by atoms with Crippen LogP contribution in [0, 0.1) is 12.8 Å². The van der Waals surface area contributed by atoms with Crippen molar-refractivity contribution in [2.24, 2.45) is 5.92 Å². The second-order valence-electron chi connectivity index (χ2n) is 4.93. The molecule has 1 fully saturated rings. The topological polar surface area (TPSA) is 20.2 Å². The lowest BCUT2D eigenvalue weighted by atomic mass is 9.95. The number of aliphatic hydroxyl groups excluding tert-OH is 1. The summed E-state index contributed by atoms with van der Waals surface area (Å²) in [6.45, 7) is 2.07. The van der Waals surface area contributed by atoms with E-state index in [1.54, 1.807) is 0 Å². The van der Waals surface area contributed by atoms with Gasteiger partial charge in [-0.15, -0.1) is 0 Å². The predicted molar refractivity (Wildman–Crippen MR) is 70.4 cm³/mol. The fraction of sp³-hybridized carbons (Fsp3) is 0.571. The van der Waals surface area contributed by atoms with Crippen molar-refractivity contribution >= 4 is 15.9 Å². The zero-order valence-electron chi connectivity index (χ0n) is 9.75. The third kappa shape index (κ3) is 2.86. The summed E-state index contributed by atoms with van der Waals surface area (Å²) >= 11 is 3.54. The van der Waals surface area contributed by atoms with Gasteiger partial charge in [0.2, 0.25) is 0 Å². The molecule has 1 unspecified atom stereocenters. The van der Waals surface area contributed by atoms with Gasteiger partial charge in [0.05, 0.1) is 6.10 Å². The molecule has 0 saturated heterocycles. The van der Waals surface area contributed by atoms with Gasteiger partial charge < -0.3 is 5.11 Å². The zero-order valence-corrected chi connectivity index (χ0v) is 11.3. The summed E-state index contributed by atoms with van der Waals surface area (Å²) in [6.07, 6.45) is 5.87. The van der Waals surface area contributed by atoms with Crippen molar-refractivity contribution in [3.63, 3.8) is 0 Å². The van der Waals surface area contributed by atoms with Gasteiger partial charge in [-0.3, -0.25) is 0 Å². The molecule has 0 aliphatic heterocycles. The normalized spacial score (nSPS) is 18.9. The average Bonchev–Trinajstić information content (AvgIpc) is 2.70. The molecule has 88 valence electrons. The highest BCUT2D eigenvalue weighted by molar-refractivity contribution is 9.10. The maximum atomic E-state index is 10.2. The molecule has 1 saturated carbocycles. The molecule has 1 aromatic rings. The Morgan fingerprint density at radius 2 is 2.06 bits per heavy atom. The van der Waals surface area contributed by atoms with E-state index >= 15 is 0 Å². The van der Waals surface area contributed by atoms with Crippen molar-refractivity contribution < 1.29 is 5.11 Å². The van der Waals surface area contributed by atoms with Gasteiger partial charge in [0.25, 0.3) is 0 Å². The van der Waals surface area contributed by atoms with E-state index in [9.17, 15) is 5.11 Å². The number of aryl methyl sites for hydroxylation is 1. The highest BCUT2D eigenvalue weighted by Gasteiger charge is 2.20. The Bertz CT molecular complexity index is 356. The minimum absolute atomic E-state index is 0.307. The van der Waals surface area contributed by atoms with E-state index in [0.717, 1.165) is 22.4 Å². The molecule has 1 aliphatic rings. The molecular formula is C14H19BrO. The van der Waals surface area contributed by atoms with Crippen molar-refractivity contribution in [1.29, 1.82) is 0 Å². The van der Waals surface area contributed by atoms with Crippen molar-refractivity contribution in [2.75, 3.05) is 0 Å². The van der Waals surface area contributed by atoms with Crippen LogP contribution >= 0.6 is 15.9 Å². The van der Waals surface area contributed by atoms with Crippen LogP contribution in [0.25, 0.3) is 0 Å². The number of hydrogen-bond acceptors (Lipinski definition) is 1. The predicted octanol–water partition coefficient (Wildman–Crippen LogP) is 4.37. The Kier molecular flexibility index (Phi) is 4.04. The molecule has 0 bridgehead atoms. The molecule has 0 radical (unpaired) electrons. The van der Waals surface area contributed by atoms with E-state index < -0.39 is 0 Å². The first kappa shape index (κ1) is 12.1. The van der Waals surface area contributed by atoms with Crippen LogP contribution in [-0.2, 0) is 0 Å². The summed E-state index contributed by atoms with van der Waals surface area (Å²) in [5.74, 6) is 0.725. The standard InChI is InChI=1S/C14H19BrO/c1-10-6-7-12(13(15)8-10)14(16)9-11-4-2-3-5-11/h6-8,11,14,16H,2-5,9H2,1H3. The van der Waals surface area contributed by atoms with Crippen LogP contribution in [0.1, 0.15) is 49.3 Å². The molecule has 2 heteroatoms. The maximum Gasteiger partial charge on any atom is 0.0803 e. The van der Waals surface area contributed by atoms with Crippen LogP contribution in [0.2, 0.25) is 0 Å². The molecular weight excluding hydrogens is 264 g/mol. The van der Waals surface area contributed by atoms with Gasteiger partial charge in [-0.2, -0.15) is 0 Å². The molecule has 1 aliphatic carbocycles. The monoisotopic (exact) mass is 282 g/mol. The van der Waals surface area contributed by atoms with Crippen molar-refractivity contribution in [3.8, 4) is 0 Å². The average molecular weight is 283 g/mol. The van der Waals surface area contributed by atoms with E-state index in [2.05, 4.69) is 35.0 Å². The highest BCUT2D eigenvalue weighted by Crippen LogP contribution is 2.35. The SMILES string of the molecule is Cc1ccc(C(O)CC2CCCC2)c(Br)c1. The van der Waals surface area contributed by atoms with Gasteiger partial charge in [0.15, 0.2) is 0 Å². The van der Waals surface area contributed by atoms with E-state index in [0.29, 0.717) is 0 Å². The van der Waals surface area contributed by atoms with Gasteiger partial charge in [-0.05, 0) is 36.5 Å². The molecule has 1 atom stereocenters. The lowest BCUT2D eigenvalue weighted by Crippen LogP contribution is -2.05. The maximum absolute atomic E-state index is 10.2. The summed E-state index contributed by atoms with van der Waals surface area (Å²) in [6, 6.07) is 6.18. The smallest absolute Gasteiger partial charge is 0.0803 e. The number of benzene rings is 1. The molecule has 0 heterocycles. The van der Waals surface area contributed by atoms with E-state index in [1.807, 2.05) is 6.07 Å². The first-order valence-electron chi connectivity index (χ1n) is 6.11. The third-order valence-corrected chi connectivity index (χ3v) is 4.23. The van der Waals surface area contributed by atoms with Crippen LogP contribution < -0.4 is 0 Å². The zero-order chi connectivity index (χ0) is 11.5. The Morgan fingerprint density at radius 3 is 2.69 bits per heavy atom. The summed E-state index contributed by atoms with van der Waals surface area (Å²) in [4.78, 5) is 0. The summed E-state index contributed by atoms with van der Waals surface area (Å²) in [5.41, 5.74) is 2.26. The lowest BCUT2D eigenvalue weighted by Gasteiger charge is -2.17. The first-order chi connectivity index (χ1) is 7.66. The summed E-state index contributed by atoms with van der Waals surface area (Å²) in [7, 11) is 0. The highest BCUT2D eigenvalue weighted by atomic mass is 79.9. The summed E-state index contributed by atoms with van der Waals surface area (Å²) < 4.78 is 1.04. The van der Waals surface area contributed by atoms with Gasteiger partial charge in [0.1, 0.15) is 0 Å². The Labute approximate surface area is 106 Å². The van der Waals surface area contributed by atoms with Gasteiger partial charge in [-0.25, -0.2) is 0 Å². The molecule has 1 nitrogen and oxygen atoms in total. The van der Waals surface area contributed by atoms with Crippen LogP contribution in [-0.4, -0.2) is 5.11 Å². The molecule has 0 spiro atoms. The molecule has 1 N–H and O–H groups in total. The molecule has 2 rings (SSSR count). The minimum atomic E-state index is -0.307. The van der Waals surface area contributed by atoms with Gasteiger partial charge in [0, 0.05) is 4.47 Å². The molecule has 0 amide bonds. The van der Waals surface area contributed by atoms with Crippen LogP contribution in [0.15, 0.2) is 22.7 Å². The van der Waals surface area contributed by atoms with Gasteiger partial charge >= 0.3 is 0 Å². The summed E-state index contributed by atoms with van der Waals surface area (Å²) in [5, 5.41) is 10.2. The fourth-order valence-electron chi connectivity index (χ4n) is 2.59. The van der Waals surface area contributed by atoms with E-state index in [4.69, 9.17) is 0 Å². The van der Waals surface area contributed by atoms with Crippen LogP contribution in [0.3, 0.4) is 0 Å². The van der Waals surface area contributed by atoms with Gasteiger partial charge in [-0.1, -0.05) is 53.7 Å². The number of rotatable bonds is 3. The molecule has 16 heavy (non-hydrogen) atoms. The fourth-order valence-corrected chi connectivity index (χ4v) is 3.35. The van der Waals surface area contributed by atoms with Crippen molar-refractivity contribution in [3.05, 3.63) is 33.8 Å². The second-order valence-corrected chi connectivity index (χ2v) is 5.78. The van der Waals surface area contributed by atoms with E-state index in [-0.39, 0.29) is 6.10 Å². The molecule has 0 aromatic heterocycles. The lowest BCUT2D eigenvalue weighted by molar-refractivity contribution is 0.144. The van der Waals surface area contributed by atoms with Crippen molar-refractivity contribution in [1.82, 2.24) is 0 Å². The second kappa shape index (κ2) is 5.33. The number of hydrogen-bond donors (Lipinski definition) is 1. The third-order valence-electron chi connectivity index (χ3n) is 3.55. The Balaban J connectivity index is 2.04. The van der Waals surface area contributed by atoms with Crippen LogP contribution in [0.4, 0.5) is 0 Å².